The van der Waals surface area contributed by atoms with Crippen molar-refractivity contribution in [1.29, 1.82) is 0 Å². The molecule has 7 rings (SSSR count). The summed E-state index contributed by atoms with van der Waals surface area (Å²) < 4.78 is 50.0. The van der Waals surface area contributed by atoms with E-state index < -0.39 is 76.5 Å². The summed E-state index contributed by atoms with van der Waals surface area (Å²) in [4.78, 5) is 57.7. The molecule has 2 saturated heterocycles. The fourth-order valence-electron chi connectivity index (χ4n) is 8.31. The molecule has 0 spiro atoms. The summed E-state index contributed by atoms with van der Waals surface area (Å²) in [5.41, 5.74) is 1.69. The first-order chi connectivity index (χ1) is 23.7. The molecule has 0 aromatic heterocycles. The third kappa shape index (κ3) is 5.08. The van der Waals surface area contributed by atoms with E-state index >= 15 is 4.79 Å². The molecule has 1 saturated carbocycles. The van der Waals surface area contributed by atoms with E-state index in [1.54, 1.807) is 30.3 Å². The monoisotopic (exact) mass is 729 g/mol. The molecule has 3 aromatic carbocycles. The summed E-state index contributed by atoms with van der Waals surface area (Å²) in [6.07, 6.45) is -3.35. The summed E-state index contributed by atoms with van der Waals surface area (Å²) in [6, 6.07) is 13.7. The number of allylic oxidation sites excluding steroid dienone is 2. The second-order valence-electron chi connectivity index (χ2n) is 12.7. The Kier molecular flexibility index (Phi) is 8.06. The van der Waals surface area contributed by atoms with Crippen molar-refractivity contribution in [2.75, 3.05) is 19.6 Å². The number of hydrogen-bond acceptors (Lipinski definition) is 8. The Labute approximate surface area is 293 Å². The number of halogens is 5. The van der Waals surface area contributed by atoms with Gasteiger partial charge >= 0.3 is 6.36 Å². The predicted octanol–water partition coefficient (Wildman–Crippen LogP) is 6.22. The van der Waals surface area contributed by atoms with Crippen LogP contribution >= 0.6 is 23.2 Å². The minimum Gasteiger partial charge on any atom is -0.508 e. The minimum absolute atomic E-state index is 0.0704. The van der Waals surface area contributed by atoms with E-state index in [4.69, 9.17) is 27.9 Å². The third-order valence-corrected chi connectivity index (χ3v) is 10.9. The number of rotatable bonds is 6. The number of hydrazine groups is 1. The lowest BCUT2D eigenvalue weighted by Gasteiger charge is -2.50. The molecule has 2 N–H and O–H groups in total. The lowest BCUT2D eigenvalue weighted by Crippen LogP contribution is -2.53. The SMILES string of the molecule is COc1ccc([C@@]23C(=O)N(Nc4ccc(Cl)cc4Cl)C(=O)[C@@H]2C[C@@H]2C(=CC[C@@H]4C(=O)N(C)C(=O)[C@@H]42)[C@@H]3c2cc(OC(F)(F)F)ccc2O)cc1. The number of phenolic OH excluding ortho intramolecular Hbond substituents is 1. The van der Waals surface area contributed by atoms with Crippen LogP contribution in [-0.2, 0) is 24.6 Å². The third-order valence-electron chi connectivity index (χ3n) is 10.3. The molecule has 2 aliphatic heterocycles. The standard InChI is InChI=1S/C35H28Cl2F3N3O7/c1-42-30(45)21-10-9-20-22(28(21)32(42)47)15-24-31(46)43(41-26-11-5-17(36)13-25(26)37)33(48)34(24,16-3-6-18(49-2)7-4-16)29(20)23-14-19(8-12-27(23)44)50-35(38,39)40/h3-9,11-14,21-22,24,28-29,41,44H,10,15H2,1-2H3/t21-,22+,24-,28-,29+,34+/m0/s1. The number of benzene rings is 3. The molecule has 2 aliphatic carbocycles. The van der Waals surface area contributed by atoms with Crippen LogP contribution in [0.15, 0.2) is 72.3 Å². The number of fused-ring (bicyclic) bond motifs is 4. The maximum absolute atomic E-state index is 15.2. The Bertz CT molecular complexity index is 1990. The quantitative estimate of drug-likeness (QED) is 0.226. The van der Waals surface area contributed by atoms with E-state index in [1.807, 2.05) is 0 Å². The molecule has 2 heterocycles. The zero-order valence-corrected chi connectivity index (χ0v) is 27.8. The van der Waals surface area contributed by atoms with E-state index in [0.29, 0.717) is 21.9 Å². The van der Waals surface area contributed by atoms with Crippen LogP contribution in [0, 0.1) is 23.7 Å². The molecular formula is C35H28Cl2F3N3O7. The normalized spacial score (nSPS) is 27.5. The molecule has 10 nitrogen and oxygen atoms in total. The van der Waals surface area contributed by atoms with Crippen LogP contribution in [0.1, 0.15) is 29.9 Å². The van der Waals surface area contributed by atoms with E-state index in [0.717, 1.165) is 28.1 Å². The summed E-state index contributed by atoms with van der Waals surface area (Å²) in [7, 11) is 2.82. The molecule has 0 bridgehead atoms. The van der Waals surface area contributed by atoms with Gasteiger partial charge in [0.05, 0.1) is 41.0 Å². The van der Waals surface area contributed by atoms with Crippen molar-refractivity contribution >= 4 is 52.5 Å². The Morgan fingerprint density at radius 3 is 2.28 bits per heavy atom. The van der Waals surface area contributed by atoms with Gasteiger partial charge in [0.2, 0.25) is 11.8 Å². The van der Waals surface area contributed by atoms with Crippen LogP contribution in [0.4, 0.5) is 18.9 Å². The number of imide groups is 2. The number of anilines is 1. The molecule has 3 fully saturated rings. The maximum atomic E-state index is 15.2. The van der Waals surface area contributed by atoms with Crippen molar-refractivity contribution in [2.24, 2.45) is 23.7 Å². The number of carbonyl (C=O) groups is 4. The lowest BCUT2D eigenvalue weighted by molar-refractivity contribution is -0.274. The summed E-state index contributed by atoms with van der Waals surface area (Å²) >= 11 is 12.5. The average Bonchev–Trinajstić information content (AvgIpc) is 3.42. The van der Waals surface area contributed by atoms with Gasteiger partial charge < -0.3 is 14.6 Å². The number of amides is 4. The topological polar surface area (TPSA) is 125 Å². The number of nitrogens with zero attached hydrogens (tertiary/aromatic N) is 2. The highest BCUT2D eigenvalue weighted by Gasteiger charge is 2.70. The van der Waals surface area contributed by atoms with Crippen molar-refractivity contribution in [1.82, 2.24) is 9.91 Å². The first-order valence-corrected chi connectivity index (χ1v) is 16.3. The number of ether oxygens (including phenoxy) is 2. The van der Waals surface area contributed by atoms with Crippen molar-refractivity contribution in [3.63, 3.8) is 0 Å². The number of alkyl halides is 3. The van der Waals surface area contributed by atoms with Crippen LogP contribution < -0.4 is 14.9 Å². The number of nitrogens with one attached hydrogen (secondary N) is 1. The maximum Gasteiger partial charge on any atom is 0.573 e. The first-order valence-electron chi connectivity index (χ1n) is 15.5. The van der Waals surface area contributed by atoms with E-state index in [1.165, 1.54) is 32.4 Å². The summed E-state index contributed by atoms with van der Waals surface area (Å²) in [5.74, 6) is -8.07. The Hall–Kier alpha value is -4.75. The van der Waals surface area contributed by atoms with Crippen molar-refractivity contribution in [2.45, 2.75) is 30.5 Å². The zero-order valence-electron chi connectivity index (χ0n) is 26.3. The number of phenols is 1. The molecular weight excluding hydrogens is 702 g/mol. The fourth-order valence-corrected chi connectivity index (χ4v) is 8.76. The number of hydrogen-bond donors (Lipinski definition) is 2. The van der Waals surface area contributed by atoms with Crippen LogP contribution in [0.25, 0.3) is 0 Å². The van der Waals surface area contributed by atoms with Gasteiger partial charge in [-0.2, -0.15) is 5.01 Å². The summed E-state index contributed by atoms with van der Waals surface area (Å²) in [5, 5.41) is 12.6. The molecule has 0 radical (unpaired) electrons. The molecule has 50 heavy (non-hydrogen) atoms. The van der Waals surface area contributed by atoms with Gasteiger partial charge in [-0.1, -0.05) is 47.0 Å². The van der Waals surface area contributed by atoms with Gasteiger partial charge in [0.1, 0.15) is 17.2 Å². The number of methoxy groups -OCH3 is 1. The largest absolute Gasteiger partial charge is 0.573 e. The van der Waals surface area contributed by atoms with Crippen LogP contribution in [-0.4, -0.2) is 59.2 Å². The van der Waals surface area contributed by atoms with Crippen LogP contribution in [0.5, 0.6) is 17.2 Å². The van der Waals surface area contributed by atoms with Gasteiger partial charge in [-0.15, -0.1) is 13.2 Å². The number of aromatic hydroxyl groups is 1. The second-order valence-corrected chi connectivity index (χ2v) is 13.6. The van der Waals surface area contributed by atoms with Gasteiger partial charge in [0, 0.05) is 23.6 Å². The average molecular weight is 731 g/mol. The lowest BCUT2D eigenvalue weighted by atomic mass is 9.49. The van der Waals surface area contributed by atoms with Crippen molar-refractivity contribution in [3.8, 4) is 17.2 Å². The molecule has 0 unspecified atom stereocenters. The molecule has 260 valence electrons. The Morgan fingerprint density at radius 2 is 1.62 bits per heavy atom. The molecule has 6 atom stereocenters. The van der Waals surface area contributed by atoms with E-state index in [-0.39, 0.29) is 29.1 Å². The molecule has 4 aliphatic rings. The number of likely N-dealkylation sites (tertiary alicyclic amines) is 1. The Balaban J connectivity index is 1.50. The van der Waals surface area contributed by atoms with Crippen LogP contribution in [0.2, 0.25) is 10.0 Å². The smallest absolute Gasteiger partial charge is 0.508 e. The van der Waals surface area contributed by atoms with Crippen molar-refractivity contribution < 1.29 is 46.9 Å². The van der Waals surface area contributed by atoms with Crippen molar-refractivity contribution in [3.05, 3.63) is 93.5 Å². The van der Waals surface area contributed by atoms with Gasteiger partial charge in [0.15, 0.2) is 0 Å². The zero-order chi connectivity index (χ0) is 35.9. The highest BCUT2D eigenvalue weighted by molar-refractivity contribution is 6.36. The van der Waals surface area contributed by atoms with Gasteiger partial charge in [-0.3, -0.25) is 29.5 Å². The summed E-state index contributed by atoms with van der Waals surface area (Å²) in [6.45, 7) is 0. The highest BCUT2D eigenvalue weighted by Crippen LogP contribution is 2.65. The van der Waals surface area contributed by atoms with Gasteiger partial charge in [0.25, 0.3) is 11.8 Å². The molecule has 3 aromatic rings. The predicted molar refractivity (Wildman–Crippen MR) is 173 cm³/mol. The first kappa shape index (κ1) is 33.7. The number of carbonyl (C=O) groups excluding carboxylic acids is 4. The van der Waals surface area contributed by atoms with E-state index in [2.05, 4.69) is 10.2 Å². The fraction of sp³-hybridized carbons (Fsp3) is 0.314. The molecule has 4 amide bonds. The van der Waals surface area contributed by atoms with E-state index in [9.17, 15) is 32.7 Å². The highest BCUT2D eigenvalue weighted by atomic mass is 35.5. The minimum atomic E-state index is -5.09. The van der Waals surface area contributed by atoms with Gasteiger partial charge in [-0.25, -0.2) is 0 Å². The Morgan fingerprint density at radius 1 is 0.920 bits per heavy atom. The molecule has 15 heteroatoms. The van der Waals surface area contributed by atoms with Crippen LogP contribution in [0.3, 0.4) is 0 Å². The van der Waals surface area contributed by atoms with Gasteiger partial charge in [-0.05, 0) is 72.9 Å². The second kappa shape index (κ2) is 11.9.